The van der Waals surface area contributed by atoms with E-state index in [0.717, 1.165) is 17.8 Å². The van der Waals surface area contributed by atoms with Gasteiger partial charge in [0.05, 0.1) is 6.61 Å². The Labute approximate surface area is 149 Å². The predicted octanol–water partition coefficient (Wildman–Crippen LogP) is 4.45. The fourth-order valence-corrected chi connectivity index (χ4v) is 2.50. The lowest BCUT2D eigenvalue weighted by molar-refractivity contribution is 0.168. The van der Waals surface area contributed by atoms with Gasteiger partial charge in [0.1, 0.15) is 0 Å². The topological polar surface area (TPSA) is 76.4 Å². The van der Waals surface area contributed by atoms with E-state index in [0.29, 0.717) is 24.8 Å². The zero-order valence-electron chi connectivity index (χ0n) is 15.1. The van der Waals surface area contributed by atoms with Crippen LogP contribution < -0.4 is 16.4 Å². The van der Waals surface area contributed by atoms with Crippen LogP contribution in [0.5, 0.6) is 0 Å². The number of carbonyl (C=O) groups excluding carboxylic acids is 1. The van der Waals surface area contributed by atoms with E-state index in [9.17, 15) is 4.79 Å². The molecule has 0 unspecified atom stereocenters. The van der Waals surface area contributed by atoms with E-state index in [2.05, 4.69) is 48.7 Å². The quantitative estimate of drug-likeness (QED) is 0.695. The van der Waals surface area contributed by atoms with Gasteiger partial charge in [0.2, 0.25) is 0 Å². The first kappa shape index (κ1) is 18.8. The van der Waals surface area contributed by atoms with Crippen LogP contribution in [0.25, 0.3) is 0 Å². The highest BCUT2D eigenvalue weighted by atomic mass is 16.5. The Morgan fingerprint density at radius 3 is 2.48 bits per heavy atom. The molecule has 0 aliphatic carbocycles. The van der Waals surface area contributed by atoms with Gasteiger partial charge in [-0.2, -0.15) is 0 Å². The lowest BCUT2D eigenvalue weighted by Gasteiger charge is -2.13. The van der Waals surface area contributed by atoms with E-state index >= 15 is 0 Å². The fourth-order valence-electron chi connectivity index (χ4n) is 2.50. The number of nitrogens with one attached hydrogen (secondary N) is 2. The summed E-state index contributed by atoms with van der Waals surface area (Å²) in [5, 5.41) is 6.10. The molecule has 0 fully saturated rings. The second kappa shape index (κ2) is 9.08. The average Bonchev–Trinajstić information content (AvgIpc) is 2.61. The van der Waals surface area contributed by atoms with Gasteiger partial charge in [-0.3, -0.25) is 5.32 Å². The molecule has 0 heterocycles. The highest BCUT2D eigenvalue weighted by Crippen LogP contribution is 2.21. The molecule has 2 aromatic rings. The summed E-state index contributed by atoms with van der Waals surface area (Å²) in [6.45, 7) is 7.54. The predicted molar refractivity (Wildman–Crippen MR) is 103 cm³/mol. The Balaban J connectivity index is 2.01. The monoisotopic (exact) mass is 341 g/mol. The lowest BCUT2D eigenvalue weighted by Crippen LogP contribution is -2.15. The van der Waals surface area contributed by atoms with E-state index in [4.69, 9.17) is 10.5 Å². The third kappa shape index (κ3) is 5.50. The van der Waals surface area contributed by atoms with Crippen molar-refractivity contribution in [3.8, 4) is 0 Å². The molecule has 0 bridgehead atoms. The van der Waals surface area contributed by atoms with Gasteiger partial charge < -0.3 is 15.8 Å². The van der Waals surface area contributed by atoms with E-state index in [1.807, 2.05) is 18.2 Å². The van der Waals surface area contributed by atoms with Gasteiger partial charge in [-0.1, -0.05) is 38.1 Å². The largest absolute Gasteiger partial charge is 0.450 e. The Morgan fingerprint density at radius 2 is 1.88 bits per heavy atom. The van der Waals surface area contributed by atoms with Gasteiger partial charge in [-0.15, -0.1) is 0 Å². The molecule has 0 saturated heterocycles. The number of amides is 1. The van der Waals surface area contributed by atoms with Crippen molar-refractivity contribution in [1.29, 1.82) is 0 Å². The zero-order valence-corrected chi connectivity index (χ0v) is 15.1. The smallest absolute Gasteiger partial charge is 0.411 e. The van der Waals surface area contributed by atoms with Crippen LogP contribution in [0.15, 0.2) is 42.5 Å². The second-order valence-electron chi connectivity index (χ2n) is 6.17. The summed E-state index contributed by atoms with van der Waals surface area (Å²) in [6, 6.07) is 14.3. The molecular formula is C20H27N3O2. The number of carbonyl (C=O) groups is 1. The molecule has 0 atom stereocenters. The average molecular weight is 341 g/mol. The number of hydrogen-bond donors (Lipinski definition) is 3. The third-order valence-electron chi connectivity index (χ3n) is 3.98. The number of nitrogens with two attached hydrogens (primary N) is 1. The summed E-state index contributed by atoms with van der Waals surface area (Å²) in [5.41, 5.74) is 10.8. The maximum absolute atomic E-state index is 11.6. The van der Waals surface area contributed by atoms with Crippen molar-refractivity contribution in [2.24, 2.45) is 5.73 Å². The van der Waals surface area contributed by atoms with Gasteiger partial charge in [0.15, 0.2) is 0 Å². The van der Waals surface area contributed by atoms with Crippen LogP contribution in [-0.4, -0.2) is 12.7 Å². The molecule has 0 spiro atoms. The number of benzene rings is 2. The number of ether oxygens (including phenoxy) is 1. The van der Waals surface area contributed by atoms with Crippen LogP contribution in [0.1, 0.15) is 43.4 Å². The Morgan fingerprint density at radius 1 is 1.16 bits per heavy atom. The first-order chi connectivity index (χ1) is 12.0. The SMILES string of the molecule is CCOC(=O)Nc1ccc(NCc2ccc(C(C)C)cc2)cc1CN. The Hall–Kier alpha value is -2.53. The first-order valence-electron chi connectivity index (χ1n) is 8.63. The van der Waals surface area contributed by atoms with Crippen molar-refractivity contribution in [2.75, 3.05) is 17.2 Å². The maximum Gasteiger partial charge on any atom is 0.411 e. The van der Waals surface area contributed by atoms with Gasteiger partial charge in [-0.25, -0.2) is 4.79 Å². The summed E-state index contributed by atoms with van der Waals surface area (Å²) < 4.78 is 4.90. The van der Waals surface area contributed by atoms with Crippen molar-refractivity contribution in [3.05, 3.63) is 59.2 Å². The van der Waals surface area contributed by atoms with E-state index in [-0.39, 0.29) is 0 Å². The molecule has 5 nitrogen and oxygen atoms in total. The van der Waals surface area contributed by atoms with Crippen molar-refractivity contribution < 1.29 is 9.53 Å². The third-order valence-corrected chi connectivity index (χ3v) is 3.98. The first-order valence-corrected chi connectivity index (χ1v) is 8.63. The Kier molecular flexibility index (Phi) is 6.83. The van der Waals surface area contributed by atoms with E-state index in [1.165, 1.54) is 11.1 Å². The summed E-state index contributed by atoms with van der Waals surface area (Å²) in [6.07, 6.45) is -0.469. The zero-order chi connectivity index (χ0) is 18.2. The van der Waals surface area contributed by atoms with Crippen LogP contribution in [0, 0.1) is 0 Å². The number of rotatable bonds is 7. The van der Waals surface area contributed by atoms with E-state index in [1.54, 1.807) is 6.92 Å². The van der Waals surface area contributed by atoms with Crippen LogP contribution in [-0.2, 0) is 17.8 Å². The van der Waals surface area contributed by atoms with Crippen LogP contribution in [0.2, 0.25) is 0 Å². The lowest BCUT2D eigenvalue weighted by atomic mass is 10.0. The molecule has 4 N–H and O–H groups in total. The summed E-state index contributed by atoms with van der Waals surface area (Å²) in [5.74, 6) is 0.536. The summed E-state index contributed by atoms with van der Waals surface area (Å²) in [7, 11) is 0. The summed E-state index contributed by atoms with van der Waals surface area (Å²) >= 11 is 0. The Bertz CT molecular complexity index is 697. The molecule has 5 heteroatoms. The van der Waals surface area contributed by atoms with Crippen LogP contribution in [0.4, 0.5) is 16.2 Å². The molecule has 0 aliphatic heterocycles. The molecule has 134 valence electrons. The molecular weight excluding hydrogens is 314 g/mol. The fraction of sp³-hybridized carbons (Fsp3) is 0.350. The molecule has 0 saturated carbocycles. The van der Waals surface area contributed by atoms with Gasteiger partial charge in [-0.05, 0) is 47.7 Å². The second-order valence-corrected chi connectivity index (χ2v) is 6.17. The van der Waals surface area contributed by atoms with Gasteiger partial charge in [0.25, 0.3) is 0 Å². The number of hydrogen-bond acceptors (Lipinski definition) is 4. The molecule has 0 radical (unpaired) electrons. The van der Waals surface area contributed by atoms with Crippen molar-refractivity contribution in [1.82, 2.24) is 0 Å². The highest BCUT2D eigenvalue weighted by molar-refractivity contribution is 5.86. The standard InChI is InChI=1S/C20H27N3O2/c1-4-25-20(24)23-19-10-9-18(11-17(19)12-21)22-13-15-5-7-16(8-6-15)14(2)3/h5-11,14,22H,4,12-13,21H2,1-3H3,(H,23,24). The molecule has 0 aromatic heterocycles. The molecule has 2 rings (SSSR count). The number of anilines is 2. The normalized spacial score (nSPS) is 10.6. The minimum atomic E-state index is -0.469. The molecule has 0 aliphatic rings. The maximum atomic E-state index is 11.6. The van der Waals surface area contributed by atoms with Crippen molar-refractivity contribution in [3.63, 3.8) is 0 Å². The van der Waals surface area contributed by atoms with Gasteiger partial charge in [0, 0.05) is 24.5 Å². The summed E-state index contributed by atoms with van der Waals surface area (Å²) in [4.78, 5) is 11.6. The van der Waals surface area contributed by atoms with E-state index < -0.39 is 6.09 Å². The van der Waals surface area contributed by atoms with Crippen molar-refractivity contribution >= 4 is 17.5 Å². The van der Waals surface area contributed by atoms with Crippen molar-refractivity contribution in [2.45, 2.75) is 39.8 Å². The van der Waals surface area contributed by atoms with Crippen LogP contribution in [0.3, 0.4) is 0 Å². The molecule has 2 aromatic carbocycles. The highest BCUT2D eigenvalue weighted by Gasteiger charge is 2.07. The molecule has 1 amide bonds. The van der Waals surface area contributed by atoms with Crippen LogP contribution >= 0.6 is 0 Å². The van der Waals surface area contributed by atoms with Gasteiger partial charge >= 0.3 is 6.09 Å². The molecule has 25 heavy (non-hydrogen) atoms. The minimum absolute atomic E-state index is 0.332. The minimum Gasteiger partial charge on any atom is -0.450 e.